The summed E-state index contributed by atoms with van der Waals surface area (Å²) in [7, 11) is -4.38. The summed E-state index contributed by atoms with van der Waals surface area (Å²) in [5, 5.41) is 11.8. The predicted octanol–water partition coefficient (Wildman–Crippen LogP) is 3.70. The summed E-state index contributed by atoms with van der Waals surface area (Å²) in [4.78, 5) is 11.6. The highest BCUT2D eigenvalue weighted by Gasteiger charge is 2.29. The number of nitrogens with one attached hydrogen (secondary N) is 2. The van der Waals surface area contributed by atoms with Crippen molar-refractivity contribution in [3.05, 3.63) is 57.8 Å². The lowest BCUT2D eigenvalue weighted by Gasteiger charge is -2.26. The first kappa shape index (κ1) is 22.7. The predicted molar refractivity (Wildman–Crippen MR) is 107 cm³/mol. The molecule has 2 aromatic rings. The summed E-state index contributed by atoms with van der Waals surface area (Å²) in [6.45, 7) is 0. The van der Waals surface area contributed by atoms with Gasteiger partial charge in [0.1, 0.15) is 22.3 Å². The topological polar surface area (TPSA) is 95.5 Å². The third kappa shape index (κ3) is 5.20. The first-order chi connectivity index (χ1) is 14.1. The van der Waals surface area contributed by atoms with Gasteiger partial charge in [-0.15, -0.1) is 0 Å². The number of aliphatic hydroxyl groups is 1. The van der Waals surface area contributed by atoms with E-state index in [1.165, 1.54) is 12.1 Å². The van der Waals surface area contributed by atoms with Crippen molar-refractivity contribution >= 4 is 37.5 Å². The van der Waals surface area contributed by atoms with Gasteiger partial charge in [-0.25, -0.2) is 26.3 Å². The molecular weight excluding hydrogens is 489 g/mol. The molecule has 0 radical (unpaired) electrons. The highest BCUT2D eigenvalue weighted by Crippen LogP contribution is 2.25. The van der Waals surface area contributed by atoms with Gasteiger partial charge in [0.15, 0.2) is 0 Å². The van der Waals surface area contributed by atoms with E-state index in [0.29, 0.717) is 37.8 Å². The molecule has 1 fully saturated rings. The average molecular weight is 507 g/mol. The van der Waals surface area contributed by atoms with Gasteiger partial charge in [-0.3, -0.25) is 4.79 Å². The first-order valence-corrected chi connectivity index (χ1v) is 11.3. The number of sulfonamides is 1. The van der Waals surface area contributed by atoms with E-state index in [1.54, 1.807) is 0 Å². The lowest BCUT2D eigenvalue weighted by Crippen LogP contribution is -2.39. The van der Waals surface area contributed by atoms with Crippen LogP contribution in [0.2, 0.25) is 0 Å². The SMILES string of the molecule is O=C(Nc1ccc(F)c(Br)c1)c1cc(S(=O)(=O)NC2CCC(O)CC2)c(F)cc1F. The zero-order valence-electron chi connectivity index (χ0n) is 15.5. The highest BCUT2D eigenvalue weighted by molar-refractivity contribution is 9.10. The van der Waals surface area contributed by atoms with Gasteiger partial charge < -0.3 is 10.4 Å². The Bertz CT molecular complexity index is 1070. The van der Waals surface area contributed by atoms with E-state index < -0.39 is 56.0 Å². The molecule has 0 atom stereocenters. The normalized spacial score (nSPS) is 19.5. The number of aliphatic hydroxyl groups excluding tert-OH is 1. The van der Waals surface area contributed by atoms with Crippen LogP contribution in [0, 0.1) is 17.5 Å². The minimum atomic E-state index is -4.38. The molecule has 1 aliphatic carbocycles. The van der Waals surface area contributed by atoms with Crippen LogP contribution in [0.5, 0.6) is 0 Å². The van der Waals surface area contributed by atoms with Gasteiger partial charge >= 0.3 is 0 Å². The maximum absolute atomic E-state index is 14.3. The summed E-state index contributed by atoms with van der Waals surface area (Å²) in [5.41, 5.74) is -0.559. The van der Waals surface area contributed by atoms with Crippen molar-refractivity contribution in [2.24, 2.45) is 0 Å². The Labute approximate surface area is 179 Å². The average Bonchev–Trinajstić information content (AvgIpc) is 2.66. The number of hydrogen-bond donors (Lipinski definition) is 3. The van der Waals surface area contributed by atoms with E-state index >= 15 is 0 Å². The lowest BCUT2D eigenvalue weighted by molar-refractivity contribution is 0.102. The fraction of sp³-hybridized carbons (Fsp3) is 0.316. The fourth-order valence-electron chi connectivity index (χ4n) is 3.16. The maximum Gasteiger partial charge on any atom is 0.258 e. The molecule has 6 nitrogen and oxygen atoms in total. The van der Waals surface area contributed by atoms with Crippen molar-refractivity contribution in [1.29, 1.82) is 0 Å². The number of rotatable bonds is 5. The Kier molecular flexibility index (Phi) is 6.85. The van der Waals surface area contributed by atoms with Crippen LogP contribution in [0.1, 0.15) is 36.0 Å². The maximum atomic E-state index is 14.3. The zero-order valence-corrected chi connectivity index (χ0v) is 17.9. The number of hydrogen-bond acceptors (Lipinski definition) is 4. The Morgan fingerprint density at radius 1 is 1.00 bits per heavy atom. The van der Waals surface area contributed by atoms with Gasteiger partial charge in [0.05, 0.1) is 16.1 Å². The number of benzene rings is 2. The van der Waals surface area contributed by atoms with Crippen molar-refractivity contribution in [3.63, 3.8) is 0 Å². The molecule has 0 aromatic heterocycles. The van der Waals surface area contributed by atoms with E-state index in [-0.39, 0.29) is 10.2 Å². The second-order valence-corrected chi connectivity index (χ2v) is 9.51. The van der Waals surface area contributed by atoms with Crippen molar-refractivity contribution in [2.45, 2.75) is 42.7 Å². The molecule has 1 amide bonds. The zero-order chi connectivity index (χ0) is 22.1. The van der Waals surface area contributed by atoms with E-state index in [4.69, 9.17) is 0 Å². The molecule has 0 unspecified atom stereocenters. The third-order valence-electron chi connectivity index (χ3n) is 4.75. The molecule has 0 spiro atoms. The van der Waals surface area contributed by atoms with Crippen LogP contribution < -0.4 is 10.0 Å². The van der Waals surface area contributed by atoms with E-state index in [9.17, 15) is 31.5 Å². The van der Waals surface area contributed by atoms with Crippen LogP contribution >= 0.6 is 15.9 Å². The van der Waals surface area contributed by atoms with Gasteiger partial charge in [-0.2, -0.15) is 0 Å². The molecule has 30 heavy (non-hydrogen) atoms. The van der Waals surface area contributed by atoms with E-state index in [0.717, 1.165) is 6.07 Å². The lowest BCUT2D eigenvalue weighted by atomic mass is 9.94. The van der Waals surface area contributed by atoms with Crippen LogP contribution in [0.15, 0.2) is 39.7 Å². The summed E-state index contributed by atoms with van der Waals surface area (Å²) in [5.74, 6) is -4.18. The van der Waals surface area contributed by atoms with Crippen molar-refractivity contribution in [1.82, 2.24) is 4.72 Å². The molecule has 0 aliphatic heterocycles. The smallest absolute Gasteiger partial charge is 0.258 e. The van der Waals surface area contributed by atoms with Crippen LogP contribution in [0.4, 0.5) is 18.9 Å². The third-order valence-corrected chi connectivity index (χ3v) is 6.89. The molecule has 3 N–H and O–H groups in total. The summed E-state index contributed by atoms with van der Waals surface area (Å²) >= 11 is 2.95. The molecule has 0 saturated heterocycles. The molecule has 0 heterocycles. The quantitative estimate of drug-likeness (QED) is 0.576. The Balaban J connectivity index is 1.85. The van der Waals surface area contributed by atoms with Gasteiger partial charge in [-0.1, -0.05) is 0 Å². The second kappa shape index (κ2) is 9.04. The van der Waals surface area contributed by atoms with Gasteiger partial charge in [0.25, 0.3) is 5.91 Å². The van der Waals surface area contributed by atoms with Gasteiger partial charge in [-0.05, 0) is 65.9 Å². The van der Waals surface area contributed by atoms with Crippen LogP contribution in [0.25, 0.3) is 0 Å². The summed E-state index contributed by atoms with van der Waals surface area (Å²) < 4.78 is 69.4. The van der Waals surface area contributed by atoms with E-state index in [2.05, 4.69) is 26.0 Å². The first-order valence-electron chi connectivity index (χ1n) is 9.02. The Morgan fingerprint density at radius 3 is 2.30 bits per heavy atom. The number of amides is 1. The molecule has 3 rings (SSSR count). The Hall–Kier alpha value is -1.95. The highest BCUT2D eigenvalue weighted by atomic mass is 79.9. The van der Waals surface area contributed by atoms with Crippen LogP contribution in [-0.2, 0) is 10.0 Å². The van der Waals surface area contributed by atoms with E-state index in [1.807, 2.05) is 0 Å². The molecular formula is C19H18BrF3N2O4S. The number of carbonyl (C=O) groups is 1. The molecule has 2 aromatic carbocycles. The molecule has 0 bridgehead atoms. The fourth-order valence-corrected chi connectivity index (χ4v) is 4.93. The molecule has 1 aliphatic rings. The number of anilines is 1. The molecule has 162 valence electrons. The van der Waals surface area contributed by atoms with Crippen molar-refractivity contribution in [3.8, 4) is 0 Å². The van der Waals surface area contributed by atoms with Gasteiger partial charge in [0.2, 0.25) is 10.0 Å². The van der Waals surface area contributed by atoms with Gasteiger partial charge in [0, 0.05) is 17.8 Å². The standard InChI is InChI=1S/C19H18BrF3N2O4S/c20-14-7-11(3-6-15(14)21)24-19(27)13-8-18(17(23)9-16(13)22)30(28,29)25-10-1-4-12(26)5-2-10/h3,6-10,12,25-26H,1-2,4-5H2,(H,24,27). The summed E-state index contributed by atoms with van der Waals surface area (Å²) in [6.07, 6.45) is 1.04. The Morgan fingerprint density at radius 2 is 1.67 bits per heavy atom. The monoisotopic (exact) mass is 506 g/mol. The van der Waals surface area contributed by atoms with Crippen molar-refractivity contribution in [2.75, 3.05) is 5.32 Å². The number of carbonyl (C=O) groups excluding carboxylic acids is 1. The second-order valence-electron chi connectivity index (χ2n) is 6.97. The van der Waals surface area contributed by atoms with Crippen molar-refractivity contribution < 1.29 is 31.5 Å². The molecule has 1 saturated carbocycles. The largest absolute Gasteiger partial charge is 0.393 e. The number of halogens is 4. The minimum absolute atomic E-state index is 0.0601. The van der Waals surface area contributed by atoms with Crippen LogP contribution in [0.3, 0.4) is 0 Å². The molecule has 11 heteroatoms. The minimum Gasteiger partial charge on any atom is -0.393 e. The summed E-state index contributed by atoms with van der Waals surface area (Å²) in [6, 6.07) is 3.99. The van der Waals surface area contributed by atoms with Crippen LogP contribution in [-0.4, -0.2) is 31.6 Å².